The summed E-state index contributed by atoms with van der Waals surface area (Å²) in [7, 11) is 0. The quantitative estimate of drug-likeness (QED) is 0.806. The molecule has 3 heteroatoms. The molecule has 2 aliphatic rings. The monoisotopic (exact) mass is 253 g/mol. The molecule has 0 saturated carbocycles. The number of piperazine rings is 1. The molecule has 106 valence electrons. The van der Waals surface area contributed by atoms with Crippen molar-refractivity contribution in [3.05, 3.63) is 0 Å². The van der Waals surface area contributed by atoms with Crippen LogP contribution in [-0.4, -0.2) is 61.2 Å². The number of hydrogen-bond acceptors (Lipinski definition) is 3. The SMILES string of the molecule is CCNC(CN1CCN2CCCCC2C1)C(C)C. The van der Waals surface area contributed by atoms with Crippen LogP contribution < -0.4 is 5.32 Å². The van der Waals surface area contributed by atoms with E-state index in [1.165, 1.54) is 52.0 Å². The number of nitrogens with one attached hydrogen (secondary N) is 1. The van der Waals surface area contributed by atoms with Crippen LogP contribution in [0.5, 0.6) is 0 Å². The fourth-order valence-corrected chi connectivity index (χ4v) is 3.44. The van der Waals surface area contributed by atoms with Crippen LogP contribution in [-0.2, 0) is 0 Å². The number of hydrogen-bond donors (Lipinski definition) is 1. The Hall–Kier alpha value is -0.120. The fraction of sp³-hybridized carbons (Fsp3) is 1.00. The number of nitrogens with zero attached hydrogens (tertiary/aromatic N) is 2. The van der Waals surface area contributed by atoms with Crippen LogP contribution in [0.4, 0.5) is 0 Å². The first-order chi connectivity index (χ1) is 8.70. The Morgan fingerprint density at radius 2 is 2.00 bits per heavy atom. The molecule has 2 fully saturated rings. The van der Waals surface area contributed by atoms with Gasteiger partial charge in [0.2, 0.25) is 0 Å². The second-order valence-corrected chi connectivity index (χ2v) is 6.35. The van der Waals surface area contributed by atoms with Crippen LogP contribution in [0.15, 0.2) is 0 Å². The Kier molecular flexibility index (Phi) is 5.46. The third-order valence-corrected chi connectivity index (χ3v) is 4.65. The summed E-state index contributed by atoms with van der Waals surface area (Å²) in [5, 5.41) is 3.65. The predicted octanol–water partition coefficient (Wildman–Crippen LogP) is 1.79. The molecule has 18 heavy (non-hydrogen) atoms. The molecule has 2 rings (SSSR count). The summed E-state index contributed by atoms with van der Waals surface area (Å²) in [5.74, 6) is 0.731. The van der Waals surface area contributed by atoms with Crippen molar-refractivity contribution in [3.63, 3.8) is 0 Å². The first-order valence-corrected chi connectivity index (χ1v) is 7.90. The van der Waals surface area contributed by atoms with E-state index in [0.717, 1.165) is 18.5 Å². The van der Waals surface area contributed by atoms with Gasteiger partial charge in [0.1, 0.15) is 0 Å². The standard InChI is InChI=1S/C15H31N3/c1-4-16-15(13(2)3)12-17-9-10-18-8-6-5-7-14(18)11-17/h13-16H,4-12H2,1-3H3. The van der Waals surface area contributed by atoms with E-state index in [1.807, 2.05) is 0 Å². The van der Waals surface area contributed by atoms with Gasteiger partial charge in [0.05, 0.1) is 0 Å². The van der Waals surface area contributed by atoms with E-state index < -0.39 is 0 Å². The van der Waals surface area contributed by atoms with E-state index >= 15 is 0 Å². The molecular weight excluding hydrogens is 222 g/mol. The molecule has 0 aromatic heterocycles. The van der Waals surface area contributed by atoms with Gasteiger partial charge in [0.25, 0.3) is 0 Å². The average Bonchev–Trinajstić information content (AvgIpc) is 2.38. The minimum Gasteiger partial charge on any atom is -0.313 e. The summed E-state index contributed by atoms with van der Waals surface area (Å²) in [6.45, 7) is 14.4. The van der Waals surface area contributed by atoms with Gasteiger partial charge in [-0.2, -0.15) is 0 Å². The van der Waals surface area contributed by atoms with Gasteiger partial charge in [0, 0.05) is 38.3 Å². The van der Waals surface area contributed by atoms with Crippen molar-refractivity contribution in [2.24, 2.45) is 5.92 Å². The minimum absolute atomic E-state index is 0.658. The van der Waals surface area contributed by atoms with Gasteiger partial charge in [-0.1, -0.05) is 27.2 Å². The van der Waals surface area contributed by atoms with Crippen molar-refractivity contribution in [3.8, 4) is 0 Å². The highest BCUT2D eigenvalue weighted by Crippen LogP contribution is 2.21. The summed E-state index contributed by atoms with van der Waals surface area (Å²) in [5.41, 5.74) is 0. The van der Waals surface area contributed by atoms with Crippen molar-refractivity contribution < 1.29 is 0 Å². The third kappa shape index (κ3) is 3.69. The van der Waals surface area contributed by atoms with E-state index in [0.29, 0.717) is 6.04 Å². The van der Waals surface area contributed by atoms with Gasteiger partial charge >= 0.3 is 0 Å². The molecule has 0 radical (unpaired) electrons. The van der Waals surface area contributed by atoms with E-state index in [2.05, 4.69) is 35.9 Å². The maximum atomic E-state index is 3.65. The summed E-state index contributed by atoms with van der Waals surface area (Å²) in [6.07, 6.45) is 4.28. The molecule has 0 bridgehead atoms. The van der Waals surface area contributed by atoms with Gasteiger partial charge in [-0.05, 0) is 31.8 Å². The Morgan fingerprint density at radius 1 is 1.17 bits per heavy atom. The third-order valence-electron chi connectivity index (χ3n) is 4.65. The molecule has 0 aromatic carbocycles. The van der Waals surface area contributed by atoms with Crippen molar-refractivity contribution in [2.75, 3.05) is 39.3 Å². The second kappa shape index (κ2) is 6.88. The van der Waals surface area contributed by atoms with Crippen molar-refractivity contribution in [1.82, 2.24) is 15.1 Å². The van der Waals surface area contributed by atoms with E-state index in [1.54, 1.807) is 0 Å². The first kappa shape index (κ1) is 14.3. The zero-order valence-corrected chi connectivity index (χ0v) is 12.5. The lowest BCUT2D eigenvalue weighted by atomic mass is 9.98. The van der Waals surface area contributed by atoms with E-state index in [4.69, 9.17) is 0 Å². The van der Waals surface area contributed by atoms with E-state index in [9.17, 15) is 0 Å². The predicted molar refractivity (Wildman–Crippen MR) is 78.0 cm³/mol. The zero-order chi connectivity index (χ0) is 13.0. The van der Waals surface area contributed by atoms with Gasteiger partial charge in [-0.25, -0.2) is 0 Å². The second-order valence-electron chi connectivity index (χ2n) is 6.35. The Bertz CT molecular complexity index is 242. The molecule has 2 atom stereocenters. The molecule has 0 aliphatic carbocycles. The molecule has 2 heterocycles. The van der Waals surface area contributed by atoms with E-state index in [-0.39, 0.29) is 0 Å². The first-order valence-electron chi connectivity index (χ1n) is 7.90. The Morgan fingerprint density at radius 3 is 2.72 bits per heavy atom. The smallest absolute Gasteiger partial charge is 0.0223 e. The lowest BCUT2D eigenvalue weighted by Gasteiger charge is -2.45. The minimum atomic E-state index is 0.658. The van der Waals surface area contributed by atoms with Crippen LogP contribution in [0.1, 0.15) is 40.0 Å². The molecule has 0 amide bonds. The normalized spacial score (nSPS) is 28.3. The van der Waals surface area contributed by atoms with Crippen LogP contribution in [0, 0.1) is 5.92 Å². The van der Waals surface area contributed by atoms with Gasteiger partial charge in [-0.3, -0.25) is 9.80 Å². The zero-order valence-electron chi connectivity index (χ0n) is 12.5. The van der Waals surface area contributed by atoms with Crippen molar-refractivity contribution >= 4 is 0 Å². The molecular formula is C15H31N3. The summed E-state index contributed by atoms with van der Waals surface area (Å²) < 4.78 is 0. The maximum Gasteiger partial charge on any atom is 0.0223 e. The van der Waals surface area contributed by atoms with Gasteiger partial charge in [-0.15, -0.1) is 0 Å². The number of fused-ring (bicyclic) bond motifs is 1. The molecule has 2 unspecified atom stereocenters. The molecule has 2 saturated heterocycles. The number of rotatable bonds is 5. The maximum absolute atomic E-state index is 3.65. The van der Waals surface area contributed by atoms with Crippen molar-refractivity contribution in [1.29, 1.82) is 0 Å². The summed E-state index contributed by atoms with van der Waals surface area (Å²) in [4.78, 5) is 5.41. The van der Waals surface area contributed by atoms with Crippen LogP contribution >= 0.6 is 0 Å². The summed E-state index contributed by atoms with van der Waals surface area (Å²) in [6, 6.07) is 1.51. The van der Waals surface area contributed by atoms with Gasteiger partial charge < -0.3 is 5.32 Å². The summed E-state index contributed by atoms with van der Waals surface area (Å²) >= 11 is 0. The largest absolute Gasteiger partial charge is 0.313 e. The fourth-order valence-electron chi connectivity index (χ4n) is 3.44. The number of likely N-dealkylation sites (N-methyl/N-ethyl adjacent to an activating group) is 1. The van der Waals surface area contributed by atoms with Crippen LogP contribution in [0.25, 0.3) is 0 Å². The highest BCUT2D eigenvalue weighted by molar-refractivity contribution is 4.87. The van der Waals surface area contributed by atoms with Crippen LogP contribution in [0.3, 0.4) is 0 Å². The van der Waals surface area contributed by atoms with Gasteiger partial charge in [0.15, 0.2) is 0 Å². The van der Waals surface area contributed by atoms with Crippen LogP contribution in [0.2, 0.25) is 0 Å². The Labute approximate surface area is 113 Å². The molecule has 1 N–H and O–H groups in total. The average molecular weight is 253 g/mol. The topological polar surface area (TPSA) is 18.5 Å². The Balaban J connectivity index is 1.82. The molecule has 0 spiro atoms. The van der Waals surface area contributed by atoms with Crippen molar-refractivity contribution in [2.45, 2.75) is 52.1 Å². The lowest BCUT2D eigenvalue weighted by molar-refractivity contribution is 0.0421. The highest BCUT2D eigenvalue weighted by Gasteiger charge is 2.29. The number of piperidine rings is 1. The molecule has 0 aromatic rings. The molecule has 3 nitrogen and oxygen atoms in total. The molecule has 2 aliphatic heterocycles. The lowest BCUT2D eigenvalue weighted by Crippen LogP contribution is -2.57. The highest BCUT2D eigenvalue weighted by atomic mass is 15.3.